The maximum Gasteiger partial charge on any atom is 0.0663 e. The second-order valence-corrected chi connectivity index (χ2v) is 5.89. The molecular weight excluding hydrogens is 354 g/mol. The van der Waals surface area contributed by atoms with Gasteiger partial charge in [-0.2, -0.15) is 5.10 Å². The van der Waals surface area contributed by atoms with Crippen molar-refractivity contribution < 1.29 is 0 Å². The molecule has 0 amide bonds. The van der Waals surface area contributed by atoms with Crippen LogP contribution in [0.1, 0.15) is 17.3 Å². The molecule has 3 heterocycles. The van der Waals surface area contributed by atoms with E-state index in [4.69, 9.17) is 0 Å². The Hall–Kier alpha value is -0.950. The first kappa shape index (κ1) is 16.4. The first-order chi connectivity index (χ1) is 9.75. The van der Waals surface area contributed by atoms with E-state index in [2.05, 4.69) is 42.3 Å². The van der Waals surface area contributed by atoms with E-state index in [1.165, 1.54) is 11.3 Å². The average Bonchev–Trinajstić information content (AvgIpc) is 2.81. The molecule has 21 heavy (non-hydrogen) atoms. The number of aromatic nitrogens is 3. The summed E-state index contributed by atoms with van der Waals surface area (Å²) in [5, 5.41) is 7.76. The molecule has 0 aromatic carbocycles. The van der Waals surface area contributed by atoms with Crippen molar-refractivity contribution in [1.29, 1.82) is 0 Å². The number of nitrogens with one attached hydrogen (secondary N) is 1. The Bertz CT molecular complexity index is 554. The normalized spacial score (nSPS) is 19.2. The highest BCUT2D eigenvalue weighted by atomic mass is 79.9. The molecule has 2 aromatic rings. The van der Waals surface area contributed by atoms with Gasteiger partial charge >= 0.3 is 0 Å². The summed E-state index contributed by atoms with van der Waals surface area (Å²) in [6.45, 7) is 3.89. The van der Waals surface area contributed by atoms with Crippen molar-refractivity contribution in [2.24, 2.45) is 7.05 Å². The molecule has 1 saturated heterocycles. The van der Waals surface area contributed by atoms with E-state index in [-0.39, 0.29) is 12.4 Å². The van der Waals surface area contributed by atoms with E-state index in [1.807, 2.05) is 36.4 Å². The van der Waals surface area contributed by atoms with Gasteiger partial charge in [-0.25, -0.2) is 0 Å². The van der Waals surface area contributed by atoms with Crippen molar-refractivity contribution in [3.63, 3.8) is 0 Å². The Morgan fingerprint density at radius 2 is 2.29 bits per heavy atom. The van der Waals surface area contributed by atoms with E-state index in [0.29, 0.717) is 6.04 Å². The molecule has 1 fully saturated rings. The summed E-state index contributed by atoms with van der Waals surface area (Å²) in [6, 6.07) is 4.51. The van der Waals surface area contributed by atoms with Gasteiger partial charge in [0.15, 0.2) is 0 Å². The minimum atomic E-state index is 0. The summed E-state index contributed by atoms with van der Waals surface area (Å²) in [5.74, 6) is 0. The third-order valence-electron chi connectivity index (χ3n) is 3.79. The van der Waals surface area contributed by atoms with E-state index >= 15 is 0 Å². The average molecular weight is 373 g/mol. The lowest BCUT2D eigenvalue weighted by Gasteiger charge is -2.36. The van der Waals surface area contributed by atoms with Crippen LogP contribution in [0.15, 0.2) is 35.2 Å². The van der Waals surface area contributed by atoms with Crippen LogP contribution in [0, 0.1) is 0 Å². The zero-order chi connectivity index (χ0) is 13.9. The fraction of sp³-hybridized carbons (Fsp3) is 0.429. The van der Waals surface area contributed by atoms with Gasteiger partial charge in [-0.05, 0) is 27.6 Å². The Balaban J connectivity index is 0.00000161. The highest BCUT2D eigenvalue weighted by Crippen LogP contribution is 2.25. The summed E-state index contributed by atoms with van der Waals surface area (Å²) < 4.78 is 3.01. The van der Waals surface area contributed by atoms with E-state index in [9.17, 15) is 0 Å². The van der Waals surface area contributed by atoms with Crippen molar-refractivity contribution in [3.05, 3.63) is 46.5 Å². The molecule has 0 saturated carbocycles. The molecule has 0 spiro atoms. The Kier molecular flexibility index (Phi) is 5.75. The quantitative estimate of drug-likeness (QED) is 0.897. The monoisotopic (exact) mass is 371 g/mol. The Morgan fingerprint density at radius 3 is 2.95 bits per heavy atom. The molecule has 2 aromatic heterocycles. The minimum Gasteiger partial charge on any atom is -0.314 e. The molecule has 1 aliphatic heterocycles. The number of hydrogen-bond donors (Lipinski definition) is 1. The molecule has 1 N–H and O–H groups in total. The van der Waals surface area contributed by atoms with Gasteiger partial charge in [-0.1, -0.05) is 6.07 Å². The Labute approximate surface area is 139 Å². The lowest BCUT2D eigenvalue weighted by Crippen LogP contribution is -2.45. The summed E-state index contributed by atoms with van der Waals surface area (Å²) in [7, 11) is 1.99. The maximum absolute atomic E-state index is 4.29. The summed E-state index contributed by atoms with van der Waals surface area (Å²) >= 11 is 3.58. The van der Waals surface area contributed by atoms with Crippen molar-refractivity contribution in [2.75, 3.05) is 19.6 Å². The Morgan fingerprint density at radius 1 is 1.43 bits per heavy atom. The van der Waals surface area contributed by atoms with Crippen molar-refractivity contribution in [2.45, 2.75) is 12.6 Å². The van der Waals surface area contributed by atoms with Crippen LogP contribution in [0.3, 0.4) is 0 Å². The van der Waals surface area contributed by atoms with Gasteiger partial charge < -0.3 is 5.32 Å². The van der Waals surface area contributed by atoms with Crippen LogP contribution in [-0.2, 0) is 13.6 Å². The van der Waals surface area contributed by atoms with Crippen molar-refractivity contribution >= 4 is 28.3 Å². The molecular formula is C14H19BrClN5. The number of piperazine rings is 1. The number of aryl methyl sites for hydroxylation is 1. The highest BCUT2D eigenvalue weighted by Gasteiger charge is 2.25. The third kappa shape index (κ3) is 3.63. The summed E-state index contributed by atoms with van der Waals surface area (Å²) in [5.41, 5.74) is 2.47. The van der Waals surface area contributed by atoms with E-state index in [1.54, 1.807) is 0 Å². The van der Waals surface area contributed by atoms with Gasteiger partial charge in [-0.3, -0.25) is 14.6 Å². The lowest BCUT2D eigenvalue weighted by atomic mass is 10.1. The molecule has 5 nitrogen and oxygen atoms in total. The van der Waals surface area contributed by atoms with Gasteiger partial charge in [0, 0.05) is 51.7 Å². The van der Waals surface area contributed by atoms with Crippen molar-refractivity contribution in [1.82, 2.24) is 25.0 Å². The molecule has 0 bridgehead atoms. The van der Waals surface area contributed by atoms with Crippen LogP contribution in [0.25, 0.3) is 0 Å². The number of hydrogen-bond acceptors (Lipinski definition) is 4. The topological polar surface area (TPSA) is 46.0 Å². The standard InChI is InChI=1S/C14H18BrN5.ClH/c1-19-14(12(15)8-18-19)10-20-6-5-17-9-13(20)11-3-2-4-16-7-11;/h2-4,7-8,13,17H,5-6,9-10H2,1H3;1H. The van der Waals surface area contributed by atoms with Crippen LogP contribution in [0.2, 0.25) is 0 Å². The number of nitrogens with zero attached hydrogens (tertiary/aromatic N) is 4. The largest absolute Gasteiger partial charge is 0.314 e. The second-order valence-electron chi connectivity index (χ2n) is 5.04. The zero-order valence-corrected chi connectivity index (χ0v) is 14.3. The van der Waals surface area contributed by atoms with Gasteiger partial charge in [0.2, 0.25) is 0 Å². The molecule has 7 heteroatoms. The van der Waals surface area contributed by atoms with Crippen LogP contribution in [-0.4, -0.2) is 39.3 Å². The predicted molar refractivity (Wildman–Crippen MR) is 88.4 cm³/mol. The van der Waals surface area contributed by atoms with Gasteiger partial charge in [0.05, 0.1) is 16.4 Å². The predicted octanol–water partition coefficient (Wildman–Crippen LogP) is 2.15. The first-order valence-corrected chi connectivity index (χ1v) is 7.56. The third-order valence-corrected chi connectivity index (χ3v) is 4.45. The molecule has 1 unspecified atom stereocenters. The lowest BCUT2D eigenvalue weighted by molar-refractivity contribution is 0.149. The fourth-order valence-corrected chi connectivity index (χ4v) is 3.12. The SMILES string of the molecule is Cl.Cn1ncc(Br)c1CN1CCNCC1c1cccnc1. The van der Waals surface area contributed by atoms with Crippen LogP contribution in [0.4, 0.5) is 0 Å². The molecule has 0 aliphatic carbocycles. The van der Waals surface area contributed by atoms with Crippen molar-refractivity contribution in [3.8, 4) is 0 Å². The van der Waals surface area contributed by atoms with Gasteiger partial charge in [-0.15, -0.1) is 12.4 Å². The molecule has 1 aliphatic rings. The summed E-state index contributed by atoms with van der Waals surface area (Å²) in [6.07, 6.45) is 5.64. The molecule has 0 radical (unpaired) electrons. The number of rotatable bonds is 3. The van der Waals surface area contributed by atoms with Crippen LogP contribution < -0.4 is 5.32 Å². The molecule has 3 rings (SSSR count). The number of pyridine rings is 1. The smallest absolute Gasteiger partial charge is 0.0663 e. The van der Waals surface area contributed by atoms with E-state index in [0.717, 1.165) is 30.7 Å². The second kappa shape index (κ2) is 7.35. The van der Waals surface area contributed by atoms with Gasteiger partial charge in [0.1, 0.15) is 0 Å². The first-order valence-electron chi connectivity index (χ1n) is 6.77. The summed E-state index contributed by atoms with van der Waals surface area (Å²) in [4.78, 5) is 6.73. The zero-order valence-electron chi connectivity index (χ0n) is 11.9. The number of halogens is 2. The van der Waals surface area contributed by atoms with Crippen LogP contribution >= 0.6 is 28.3 Å². The molecule has 114 valence electrons. The highest BCUT2D eigenvalue weighted by molar-refractivity contribution is 9.10. The minimum absolute atomic E-state index is 0. The fourth-order valence-electron chi connectivity index (χ4n) is 2.64. The van der Waals surface area contributed by atoms with Gasteiger partial charge in [0.25, 0.3) is 0 Å². The molecule has 1 atom stereocenters. The maximum atomic E-state index is 4.29. The van der Waals surface area contributed by atoms with E-state index < -0.39 is 0 Å². The van der Waals surface area contributed by atoms with Crippen LogP contribution in [0.5, 0.6) is 0 Å².